The van der Waals surface area contributed by atoms with Crippen LogP contribution in [0.15, 0.2) is 48.5 Å². The van der Waals surface area contributed by atoms with E-state index in [9.17, 15) is 9.59 Å². The highest BCUT2D eigenvalue weighted by molar-refractivity contribution is 6.04. The largest absolute Gasteiger partial charge is 0.356 e. The lowest BCUT2D eigenvalue weighted by atomic mass is 10.1. The first-order chi connectivity index (χ1) is 13.1. The number of carbonyl (C=O) groups is 2. The van der Waals surface area contributed by atoms with Crippen LogP contribution in [0.2, 0.25) is 0 Å². The fraction of sp³-hybridized carbons (Fsp3) is 0.286. The van der Waals surface area contributed by atoms with Gasteiger partial charge in [0.1, 0.15) is 6.04 Å². The summed E-state index contributed by atoms with van der Waals surface area (Å²) in [6.07, 6.45) is 1.62. The smallest absolute Gasteiger partial charge is 0.247 e. The molecule has 2 aliphatic rings. The molecule has 2 heterocycles. The number of nitrogens with zero attached hydrogens (tertiary/aromatic N) is 2. The van der Waals surface area contributed by atoms with E-state index in [2.05, 4.69) is 21.6 Å². The molecule has 2 amide bonds. The maximum absolute atomic E-state index is 12.3. The molecule has 6 heteroatoms. The average molecular weight is 360 g/mol. The molecule has 1 saturated heterocycles. The molecule has 136 valence electrons. The Bertz CT molecular complexity index is 917. The maximum Gasteiger partial charge on any atom is 0.247 e. The Balaban J connectivity index is 1.35. The summed E-state index contributed by atoms with van der Waals surface area (Å²) in [7, 11) is 0. The van der Waals surface area contributed by atoms with Crippen LogP contribution in [0.25, 0.3) is 0 Å². The third-order valence-corrected chi connectivity index (χ3v) is 5.16. The molecule has 0 aliphatic carbocycles. The van der Waals surface area contributed by atoms with Crippen LogP contribution in [-0.4, -0.2) is 30.4 Å². The predicted molar refractivity (Wildman–Crippen MR) is 102 cm³/mol. The highest BCUT2D eigenvalue weighted by Gasteiger charge is 2.41. The molecular weight excluding hydrogens is 340 g/mol. The molecule has 1 fully saturated rings. The van der Waals surface area contributed by atoms with Gasteiger partial charge in [0.05, 0.1) is 23.0 Å². The van der Waals surface area contributed by atoms with Gasteiger partial charge >= 0.3 is 0 Å². The van der Waals surface area contributed by atoms with Crippen LogP contribution in [-0.2, 0) is 16.0 Å². The normalized spacial score (nSPS) is 20.3. The van der Waals surface area contributed by atoms with Crippen LogP contribution in [0.4, 0.5) is 11.4 Å². The van der Waals surface area contributed by atoms with Crippen LogP contribution in [0.1, 0.15) is 24.0 Å². The van der Waals surface area contributed by atoms with Crippen molar-refractivity contribution in [1.82, 2.24) is 5.32 Å². The number of nitrogens with one attached hydrogen (secondary N) is 2. The molecule has 2 aliphatic heterocycles. The van der Waals surface area contributed by atoms with Gasteiger partial charge in [-0.3, -0.25) is 9.59 Å². The summed E-state index contributed by atoms with van der Waals surface area (Å²) in [4.78, 5) is 26.8. The first kappa shape index (κ1) is 17.1. The minimum atomic E-state index is -0.233. The van der Waals surface area contributed by atoms with Gasteiger partial charge in [0.2, 0.25) is 11.8 Å². The quantitative estimate of drug-likeness (QED) is 0.875. The van der Waals surface area contributed by atoms with Crippen molar-refractivity contribution >= 4 is 23.2 Å². The lowest BCUT2D eigenvalue weighted by Crippen LogP contribution is -2.44. The first-order valence-corrected chi connectivity index (χ1v) is 9.09. The molecule has 0 saturated carbocycles. The number of para-hydroxylation sites is 2. The van der Waals surface area contributed by atoms with E-state index in [4.69, 9.17) is 5.26 Å². The number of hydrogen-bond acceptors (Lipinski definition) is 4. The second kappa shape index (κ2) is 7.12. The zero-order valence-corrected chi connectivity index (χ0v) is 14.8. The van der Waals surface area contributed by atoms with E-state index in [1.165, 1.54) is 0 Å². The topological polar surface area (TPSA) is 85.2 Å². The SMILES string of the molecule is N#Cc1ccc(CCC(=O)NC2CC3C(=O)Nc4ccccc4N3C2)cc1. The summed E-state index contributed by atoms with van der Waals surface area (Å²) in [6, 6.07) is 16.8. The second-order valence-electron chi connectivity index (χ2n) is 6.98. The molecule has 0 spiro atoms. The number of hydrogen-bond donors (Lipinski definition) is 2. The van der Waals surface area contributed by atoms with E-state index in [-0.39, 0.29) is 23.9 Å². The van der Waals surface area contributed by atoms with E-state index < -0.39 is 0 Å². The van der Waals surface area contributed by atoms with E-state index in [1.807, 2.05) is 36.4 Å². The third kappa shape index (κ3) is 3.49. The van der Waals surface area contributed by atoms with Gasteiger partial charge < -0.3 is 15.5 Å². The van der Waals surface area contributed by atoms with E-state index in [0.717, 1.165) is 16.9 Å². The number of aryl methyl sites for hydroxylation is 1. The lowest BCUT2D eigenvalue weighted by Gasteiger charge is -2.32. The summed E-state index contributed by atoms with van der Waals surface area (Å²) in [6.45, 7) is 0.637. The molecule has 6 nitrogen and oxygen atoms in total. The Morgan fingerprint density at radius 2 is 2.00 bits per heavy atom. The van der Waals surface area contributed by atoms with Gasteiger partial charge in [-0.1, -0.05) is 24.3 Å². The molecule has 0 bridgehead atoms. The molecule has 0 radical (unpaired) electrons. The number of amides is 2. The van der Waals surface area contributed by atoms with E-state index in [1.54, 1.807) is 12.1 Å². The molecule has 2 aromatic carbocycles. The third-order valence-electron chi connectivity index (χ3n) is 5.16. The van der Waals surface area contributed by atoms with Crippen molar-refractivity contribution in [3.05, 3.63) is 59.7 Å². The molecule has 2 atom stereocenters. The molecule has 2 aromatic rings. The van der Waals surface area contributed by atoms with Gasteiger partial charge in [0.25, 0.3) is 0 Å². The number of benzene rings is 2. The summed E-state index contributed by atoms with van der Waals surface area (Å²) >= 11 is 0. The summed E-state index contributed by atoms with van der Waals surface area (Å²) in [5, 5.41) is 14.8. The Morgan fingerprint density at radius 1 is 1.22 bits per heavy atom. The molecule has 4 rings (SSSR count). The summed E-state index contributed by atoms with van der Waals surface area (Å²) in [5.74, 6) is -0.0269. The number of nitriles is 1. The van der Waals surface area contributed by atoms with Crippen LogP contribution < -0.4 is 15.5 Å². The van der Waals surface area contributed by atoms with Gasteiger partial charge in [-0.05, 0) is 42.7 Å². The molecule has 2 N–H and O–H groups in total. The van der Waals surface area contributed by atoms with Crippen LogP contribution >= 0.6 is 0 Å². The Labute approximate surface area is 157 Å². The predicted octanol–water partition coefficient (Wildman–Crippen LogP) is 2.21. The van der Waals surface area contributed by atoms with E-state index in [0.29, 0.717) is 31.4 Å². The molecule has 2 unspecified atom stereocenters. The Kier molecular flexibility index (Phi) is 4.51. The van der Waals surface area contributed by atoms with Gasteiger partial charge in [-0.15, -0.1) is 0 Å². The van der Waals surface area contributed by atoms with E-state index >= 15 is 0 Å². The summed E-state index contributed by atoms with van der Waals surface area (Å²) < 4.78 is 0. The van der Waals surface area contributed by atoms with Gasteiger partial charge in [-0.25, -0.2) is 0 Å². The minimum absolute atomic E-state index is 0.0111. The Hall–Kier alpha value is -3.33. The van der Waals surface area contributed by atoms with Crippen molar-refractivity contribution in [3.63, 3.8) is 0 Å². The van der Waals surface area contributed by atoms with Crippen molar-refractivity contribution in [2.45, 2.75) is 31.3 Å². The van der Waals surface area contributed by atoms with Crippen molar-refractivity contribution in [3.8, 4) is 6.07 Å². The first-order valence-electron chi connectivity index (χ1n) is 9.09. The number of anilines is 2. The van der Waals surface area contributed by atoms with Crippen molar-refractivity contribution in [2.75, 3.05) is 16.8 Å². The van der Waals surface area contributed by atoms with Crippen LogP contribution in [0.5, 0.6) is 0 Å². The van der Waals surface area contributed by atoms with Crippen LogP contribution in [0, 0.1) is 11.3 Å². The van der Waals surface area contributed by atoms with Crippen molar-refractivity contribution in [2.24, 2.45) is 0 Å². The van der Waals surface area contributed by atoms with Crippen molar-refractivity contribution < 1.29 is 9.59 Å². The highest BCUT2D eigenvalue weighted by atomic mass is 16.2. The standard InChI is InChI=1S/C21H20N4O2/c22-12-15-7-5-14(6-8-15)9-10-20(26)23-16-11-19-21(27)24-17-3-1-2-4-18(17)25(19)13-16/h1-8,16,19H,9-11,13H2,(H,23,26)(H,24,27). The minimum Gasteiger partial charge on any atom is -0.356 e. The Morgan fingerprint density at radius 3 is 2.78 bits per heavy atom. The molecule has 27 heavy (non-hydrogen) atoms. The van der Waals surface area contributed by atoms with Gasteiger partial charge in [0.15, 0.2) is 0 Å². The van der Waals surface area contributed by atoms with Gasteiger partial charge in [-0.2, -0.15) is 5.26 Å². The molecule has 0 aromatic heterocycles. The lowest BCUT2D eigenvalue weighted by molar-refractivity contribution is -0.122. The second-order valence-corrected chi connectivity index (χ2v) is 6.98. The molecular formula is C21H20N4O2. The maximum atomic E-state index is 12.3. The number of rotatable bonds is 4. The zero-order chi connectivity index (χ0) is 18.8. The monoisotopic (exact) mass is 360 g/mol. The zero-order valence-electron chi connectivity index (χ0n) is 14.8. The highest BCUT2D eigenvalue weighted by Crippen LogP contribution is 2.36. The van der Waals surface area contributed by atoms with Gasteiger partial charge in [0, 0.05) is 19.0 Å². The fourth-order valence-corrected chi connectivity index (χ4v) is 3.80. The van der Waals surface area contributed by atoms with Crippen molar-refractivity contribution in [1.29, 1.82) is 5.26 Å². The summed E-state index contributed by atoms with van der Waals surface area (Å²) in [5.41, 5.74) is 3.48. The average Bonchev–Trinajstić information content (AvgIpc) is 3.11. The fourth-order valence-electron chi connectivity index (χ4n) is 3.80. The van der Waals surface area contributed by atoms with Crippen LogP contribution in [0.3, 0.4) is 0 Å². The number of fused-ring (bicyclic) bond motifs is 3. The number of carbonyl (C=O) groups excluding carboxylic acids is 2.